The van der Waals surface area contributed by atoms with Gasteiger partial charge in [-0.3, -0.25) is 9.36 Å². The normalized spacial score (nSPS) is 12.4. The van der Waals surface area contributed by atoms with Crippen LogP contribution in [0, 0.1) is 0 Å². The third kappa shape index (κ3) is 8.09. The molecule has 0 saturated heterocycles. The number of Topliss-reactive ketones (excluding diaryl/α,β-unsaturated/α-hetero) is 1. The Morgan fingerprint density at radius 1 is 0.712 bits per heavy atom. The SMILES string of the molecule is COC1=CC(=[N+](C)C)C=C(OC)C1=C(c1c(OC)cc(N(C)C)cc1OC)c1c(OC)cc(N(C)CCCC(=O)Cn2c(O)ccc2O)cc1OC. The Kier molecular flexibility index (Phi) is 12.8. The van der Waals surface area contributed by atoms with Crippen LogP contribution in [-0.4, -0.2) is 115 Å². The minimum Gasteiger partial charge on any atom is -0.496 e. The van der Waals surface area contributed by atoms with Crippen molar-refractivity contribution in [2.45, 2.75) is 19.4 Å². The maximum absolute atomic E-state index is 12.7. The van der Waals surface area contributed by atoms with Gasteiger partial charge in [-0.05, 0) is 6.42 Å². The molecule has 52 heavy (non-hydrogen) atoms. The number of aromatic hydroxyl groups is 2. The summed E-state index contributed by atoms with van der Waals surface area (Å²) in [7, 11) is 19.3. The summed E-state index contributed by atoms with van der Waals surface area (Å²) in [6.45, 7) is 0.410. The first-order valence-corrected chi connectivity index (χ1v) is 16.6. The summed E-state index contributed by atoms with van der Waals surface area (Å²) >= 11 is 0. The van der Waals surface area contributed by atoms with Crippen molar-refractivity contribution in [3.63, 3.8) is 0 Å². The molecule has 1 aromatic heterocycles. The zero-order valence-electron chi connectivity index (χ0n) is 32.0. The van der Waals surface area contributed by atoms with Crippen LogP contribution < -0.4 is 28.7 Å². The van der Waals surface area contributed by atoms with Crippen LogP contribution in [0.25, 0.3) is 5.57 Å². The maximum Gasteiger partial charge on any atom is 0.206 e. The molecule has 4 rings (SSSR count). The van der Waals surface area contributed by atoms with Crippen molar-refractivity contribution in [3.05, 3.63) is 76.8 Å². The highest BCUT2D eigenvalue weighted by Crippen LogP contribution is 2.51. The first-order valence-electron chi connectivity index (χ1n) is 16.6. The fourth-order valence-electron chi connectivity index (χ4n) is 6.05. The highest BCUT2D eigenvalue weighted by molar-refractivity contribution is 6.06. The van der Waals surface area contributed by atoms with Gasteiger partial charge in [0.05, 0.1) is 78.1 Å². The number of aromatic nitrogens is 1. The Labute approximate surface area is 305 Å². The lowest BCUT2D eigenvalue weighted by molar-refractivity contribution is -0.462. The van der Waals surface area contributed by atoms with Crippen LogP contribution in [0.5, 0.6) is 34.8 Å². The predicted octanol–water partition coefficient (Wildman–Crippen LogP) is 5.07. The van der Waals surface area contributed by atoms with Gasteiger partial charge >= 0.3 is 0 Å². The zero-order chi connectivity index (χ0) is 38.3. The van der Waals surface area contributed by atoms with E-state index in [-0.39, 0.29) is 30.5 Å². The van der Waals surface area contributed by atoms with Crippen molar-refractivity contribution in [2.24, 2.45) is 0 Å². The Balaban J connectivity index is 1.91. The van der Waals surface area contributed by atoms with E-state index in [2.05, 4.69) is 0 Å². The van der Waals surface area contributed by atoms with Crippen LogP contribution in [0.4, 0.5) is 11.4 Å². The van der Waals surface area contributed by atoms with E-state index in [1.165, 1.54) is 16.7 Å². The number of carbonyl (C=O) groups is 1. The summed E-state index contributed by atoms with van der Waals surface area (Å²) in [5.74, 6) is 2.69. The van der Waals surface area contributed by atoms with Gasteiger partial charge in [0.25, 0.3) is 0 Å². The molecule has 2 aromatic carbocycles. The molecule has 0 spiro atoms. The van der Waals surface area contributed by atoms with Gasteiger partial charge in [-0.25, -0.2) is 4.58 Å². The Hall–Kier alpha value is -5.72. The second kappa shape index (κ2) is 17.0. The number of nitrogens with zero attached hydrogens (tertiary/aromatic N) is 4. The summed E-state index contributed by atoms with van der Waals surface area (Å²) in [4.78, 5) is 16.7. The molecule has 0 amide bonds. The molecule has 1 aliphatic rings. The molecule has 2 N–H and O–H groups in total. The van der Waals surface area contributed by atoms with Crippen LogP contribution in [-0.2, 0) is 20.8 Å². The van der Waals surface area contributed by atoms with Crippen LogP contribution in [0.2, 0.25) is 0 Å². The van der Waals surface area contributed by atoms with Crippen LogP contribution >= 0.6 is 0 Å². The van der Waals surface area contributed by atoms with Crippen LogP contribution in [0.1, 0.15) is 24.0 Å². The highest BCUT2D eigenvalue weighted by Gasteiger charge is 2.34. The van der Waals surface area contributed by atoms with E-state index in [0.717, 1.165) is 17.1 Å². The Bertz CT molecular complexity index is 1820. The van der Waals surface area contributed by atoms with Gasteiger partial charge in [0.2, 0.25) is 5.71 Å². The minimum absolute atomic E-state index is 0.117. The zero-order valence-corrected chi connectivity index (χ0v) is 32.0. The number of anilines is 2. The van der Waals surface area contributed by atoms with E-state index in [0.29, 0.717) is 69.8 Å². The molecular formula is C39H51N4O9+. The maximum atomic E-state index is 12.7. The number of ether oxygens (including phenoxy) is 6. The molecule has 0 atom stereocenters. The predicted molar refractivity (Wildman–Crippen MR) is 202 cm³/mol. The van der Waals surface area contributed by atoms with Crippen molar-refractivity contribution >= 4 is 28.4 Å². The molecule has 1 heterocycles. The minimum atomic E-state index is -0.161. The molecule has 0 bridgehead atoms. The highest BCUT2D eigenvalue weighted by atomic mass is 16.5. The summed E-state index contributed by atoms with van der Waals surface area (Å²) in [6, 6.07) is 10.4. The monoisotopic (exact) mass is 719 g/mol. The van der Waals surface area contributed by atoms with E-state index in [4.69, 9.17) is 28.4 Å². The Morgan fingerprint density at radius 2 is 1.15 bits per heavy atom. The third-order valence-corrected chi connectivity index (χ3v) is 8.91. The van der Waals surface area contributed by atoms with E-state index < -0.39 is 0 Å². The lowest BCUT2D eigenvalue weighted by Gasteiger charge is -2.28. The second-order valence-electron chi connectivity index (χ2n) is 12.5. The molecule has 13 heteroatoms. The standard InChI is InChI=1S/C39H50N4O9/c1-40(2)24-17-28(47-6)36(29(18-24)48-7)39(37-30(49-8)19-25(41(3)4)20-31(37)50-9)38-32(51-10)21-26(22-33(38)52-11)42(5)16-12-13-27(44)23-43-34(45)14-15-35(43)46/h14-15,17-22H,12-13,16,23H2,1-11H3,(H-,45,46)/p+1. The smallest absolute Gasteiger partial charge is 0.206 e. The average Bonchev–Trinajstić information content (AvgIpc) is 3.46. The largest absolute Gasteiger partial charge is 0.496 e. The Morgan fingerprint density at radius 3 is 1.54 bits per heavy atom. The summed E-state index contributed by atoms with van der Waals surface area (Å²) in [6.07, 6.45) is 4.65. The number of allylic oxidation sites excluding steroid dienone is 2. The number of rotatable bonds is 16. The second-order valence-corrected chi connectivity index (χ2v) is 12.5. The first kappa shape index (κ1) is 39.1. The van der Waals surface area contributed by atoms with Gasteiger partial charge in [0.1, 0.15) is 48.6 Å². The number of carbonyl (C=O) groups excluding carboxylic acids is 1. The molecule has 0 aliphatic heterocycles. The quantitative estimate of drug-likeness (QED) is 0.193. The van der Waals surface area contributed by atoms with Gasteiger partial charge < -0.3 is 48.4 Å². The molecular weight excluding hydrogens is 668 g/mol. The van der Waals surface area contributed by atoms with Gasteiger partial charge in [-0.1, -0.05) is 0 Å². The van der Waals surface area contributed by atoms with Gasteiger partial charge in [-0.15, -0.1) is 0 Å². The topological polar surface area (TPSA) is 127 Å². The molecule has 13 nitrogen and oxygen atoms in total. The van der Waals surface area contributed by atoms with E-state index in [9.17, 15) is 15.0 Å². The summed E-state index contributed by atoms with van der Waals surface area (Å²) in [5, 5.41) is 19.8. The van der Waals surface area contributed by atoms with Gasteiger partial charge in [-0.2, -0.15) is 0 Å². The molecule has 0 radical (unpaired) electrons. The number of hydrogen-bond acceptors (Lipinski definition) is 11. The molecule has 0 saturated carbocycles. The lowest BCUT2D eigenvalue weighted by atomic mass is 9.86. The van der Waals surface area contributed by atoms with E-state index in [1.807, 2.05) is 86.0 Å². The molecule has 0 fully saturated rings. The van der Waals surface area contributed by atoms with Crippen molar-refractivity contribution in [2.75, 3.05) is 94.2 Å². The van der Waals surface area contributed by atoms with Crippen molar-refractivity contribution < 1.29 is 48.0 Å². The number of hydrogen-bond donors (Lipinski definition) is 2. The van der Waals surface area contributed by atoms with E-state index >= 15 is 0 Å². The average molecular weight is 720 g/mol. The number of benzene rings is 2. The molecule has 1 aliphatic carbocycles. The number of ketones is 1. The molecule has 0 unspecified atom stereocenters. The molecule has 3 aromatic rings. The number of methoxy groups -OCH3 is 6. The van der Waals surface area contributed by atoms with Gasteiger partial charge in [0, 0.05) is 87.5 Å². The third-order valence-electron chi connectivity index (χ3n) is 8.91. The fourth-order valence-corrected chi connectivity index (χ4v) is 6.05. The van der Waals surface area contributed by atoms with Crippen molar-refractivity contribution in [3.8, 4) is 34.8 Å². The van der Waals surface area contributed by atoms with Crippen molar-refractivity contribution in [1.29, 1.82) is 0 Å². The molecule has 280 valence electrons. The lowest BCUT2D eigenvalue weighted by Crippen LogP contribution is -2.21. The fraction of sp³-hybridized carbons (Fsp3) is 0.385. The van der Waals surface area contributed by atoms with E-state index in [1.54, 1.807) is 42.7 Å². The van der Waals surface area contributed by atoms with Crippen LogP contribution in [0.15, 0.2) is 65.6 Å². The van der Waals surface area contributed by atoms with Crippen LogP contribution in [0.3, 0.4) is 0 Å². The summed E-state index contributed by atoms with van der Waals surface area (Å²) in [5.41, 5.74) is 5.01. The van der Waals surface area contributed by atoms with Crippen molar-refractivity contribution in [1.82, 2.24) is 4.57 Å². The first-order chi connectivity index (χ1) is 24.8. The van der Waals surface area contributed by atoms with Gasteiger partial charge in [0.15, 0.2) is 17.5 Å². The summed E-state index contributed by atoms with van der Waals surface area (Å²) < 4.78 is 39.7.